The van der Waals surface area contributed by atoms with Crippen molar-refractivity contribution in [2.75, 3.05) is 32.8 Å². The normalized spacial score (nSPS) is 17.6. The van der Waals surface area contributed by atoms with Crippen LogP contribution in [0, 0.1) is 0 Å². The monoisotopic (exact) mass is 290 g/mol. The largest absolute Gasteiger partial charge is 0.494 e. The second-order valence-corrected chi connectivity index (χ2v) is 5.77. The lowest BCUT2D eigenvalue weighted by Gasteiger charge is -2.36. The van der Waals surface area contributed by atoms with Crippen LogP contribution in [-0.4, -0.2) is 37.7 Å². The van der Waals surface area contributed by atoms with Crippen LogP contribution >= 0.6 is 0 Å². The van der Waals surface area contributed by atoms with Crippen LogP contribution in [0.15, 0.2) is 24.3 Å². The van der Waals surface area contributed by atoms with Crippen molar-refractivity contribution in [3.63, 3.8) is 0 Å². The molecule has 1 saturated heterocycles. The summed E-state index contributed by atoms with van der Waals surface area (Å²) in [6, 6.07) is 9.10. The predicted octanol–water partition coefficient (Wildman–Crippen LogP) is 3.61. The zero-order valence-electron chi connectivity index (χ0n) is 13.6. The molecule has 1 fully saturated rings. The van der Waals surface area contributed by atoms with Crippen LogP contribution in [0.25, 0.3) is 0 Å². The van der Waals surface area contributed by atoms with Gasteiger partial charge in [-0.1, -0.05) is 44.4 Å². The van der Waals surface area contributed by atoms with E-state index in [4.69, 9.17) is 4.74 Å². The molecule has 0 radical (unpaired) electrons. The van der Waals surface area contributed by atoms with Crippen molar-refractivity contribution >= 4 is 0 Å². The van der Waals surface area contributed by atoms with Gasteiger partial charge in [-0.3, -0.25) is 4.90 Å². The number of unbranched alkanes of at least 4 members (excludes halogenated alkanes) is 2. The van der Waals surface area contributed by atoms with E-state index in [2.05, 4.69) is 48.3 Å². The molecule has 1 atom stereocenters. The minimum absolute atomic E-state index is 0.501. The predicted molar refractivity (Wildman–Crippen MR) is 88.9 cm³/mol. The Labute approximate surface area is 129 Å². The number of para-hydroxylation sites is 1. The topological polar surface area (TPSA) is 24.5 Å². The standard InChI is InChI=1S/C18H30N2O/c1-3-5-6-10-17(20-14-12-19-13-15-20)16-9-7-8-11-18(16)21-4-2/h7-9,11,17,19H,3-6,10,12-15H2,1-2H3/t17-/m1/s1. The van der Waals surface area contributed by atoms with E-state index in [1.165, 1.54) is 31.2 Å². The third kappa shape index (κ3) is 4.72. The van der Waals surface area contributed by atoms with Crippen molar-refractivity contribution in [2.24, 2.45) is 0 Å². The molecule has 1 N–H and O–H groups in total. The van der Waals surface area contributed by atoms with Gasteiger partial charge in [-0.15, -0.1) is 0 Å². The Kier molecular flexibility index (Phi) is 7.04. The Hall–Kier alpha value is -1.06. The number of nitrogens with zero attached hydrogens (tertiary/aromatic N) is 1. The number of hydrogen-bond acceptors (Lipinski definition) is 3. The zero-order valence-corrected chi connectivity index (χ0v) is 13.6. The molecule has 0 aliphatic carbocycles. The molecule has 0 aromatic heterocycles. The maximum atomic E-state index is 5.87. The number of nitrogens with one attached hydrogen (secondary N) is 1. The van der Waals surface area contributed by atoms with E-state index in [0.29, 0.717) is 6.04 Å². The minimum atomic E-state index is 0.501. The number of ether oxygens (including phenoxy) is 1. The van der Waals surface area contributed by atoms with E-state index in [-0.39, 0.29) is 0 Å². The minimum Gasteiger partial charge on any atom is -0.494 e. The van der Waals surface area contributed by atoms with Crippen LogP contribution in [-0.2, 0) is 0 Å². The van der Waals surface area contributed by atoms with Crippen LogP contribution in [0.3, 0.4) is 0 Å². The van der Waals surface area contributed by atoms with Crippen molar-refractivity contribution in [3.8, 4) is 5.75 Å². The summed E-state index contributed by atoms with van der Waals surface area (Å²) in [5.74, 6) is 1.07. The maximum Gasteiger partial charge on any atom is 0.124 e. The van der Waals surface area contributed by atoms with Gasteiger partial charge in [-0.25, -0.2) is 0 Å². The Morgan fingerprint density at radius 2 is 1.90 bits per heavy atom. The van der Waals surface area contributed by atoms with E-state index in [9.17, 15) is 0 Å². The van der Waals surface area contributed by atoms with Gasteiger partial charge in [-0.05, 0) is 19.4 Å². The number of hydrogen-bond donors (Lipinski definition) is 1. The molecule has 118 valence electrons. The molecule has 3 heteroatoms. The first-order valence-corrected chi connectivity index (χ1v) is 8.53. The molecule has 0 amide bonds. The highest BCUT2D eigenvalue weighted by Gasteiger charge is 2.24. The molecule has 0 unspecified atom stereocenters. The fourth-order valence-electron chi connectivity index (χ4n) is 3.16. The summed E-state index contributed by atoms with van der Waals surface area (Å²) in [5, 5.41) is 3.46. The molecule has 0 spiro atoms. The van der Waals surface area contributed by atoms with Crippen LogP contribution in [0.1, 0.15) is 51.1 Å². The molecule has 1 aliphatic rings. The average Bonchev–Trinajstić information content (AvgIpc) is 2.54. The van der Waals surface area contributed by atoms with Gasteiger partial charge in [0.2, 0.25) is 0 Å². The van der Waals surface area contributed by atoms with Crippen molar-refractivity contribution < 1.29 is 4.74 Å². The SMILES string of the molecule is CCCCC[C@H](c1ccccc1OCC)N1CCNCC1. The summed E-state index contributed by atoms with van der Waals surface area (Å²) in [6.07, 6.45) is 5.13. The average molecular weight is 290 g/mol. The summed E-state index contributed by atoms with van der Waals surface area (Å²) in [5.41, 5.74) is 1.37. The quantitative estimate of drug-likeness (QED) is 0.740. The van der Waals surface area contributed by atoms with Crippen LogP contribution < -0.4 is 10.1 Å². The molecule has 21 heavy (non-hydrogen) atoms. The Balaban J connectivity index is 2.16. The summed E-state index contributed by atoms with van der Waals surface area (Å²) >= 11 is 0. The van der Waals surface area contributed by atoms with Crippen molar-refractivity contribution in [1.29, 1.82) is 0 Å². The lowest BCUT2D eigenvalue weighted by atomic mass is 9.97. The smallest absolute Gasteiger partial charge is 0.124 e. The highest BCUT2D eigenvalue weighted by Crippen LogP contribution is 2.33. The van der Waals surface area contributed by atoms with Gasteiger partial charge in [0.25, 0.3) is 0 Å². The van der Waals surface area contributed by atoms with Crippen LogP contribution in [0.4, 0.5) is 0 Å². The fraction of sp³-hybridized carbons (Fsp3) is 0.667. The molecular weight excluding hydrogens is 260 g/mol. The van der Waals surface area contributed by atoms with E-state index in [1.54, 1.807) is 0 Å². The summed E-state index contributed by atoms with van der Waals surface area (Å²) in [7, 11) is 0. The van der Waals surface area contributed by atoms with Gasteiger partial charge < -0.3 is 10.1 Å². The molecule has 1 heterocycles. The second kappa shape index (κ2) is 9.06. The Morgan fingerprint density at radius 3 is 2.62 bits per heavy atom. The fourth-order valence-corrected chi connectivity index (χ4v) is 3.16. The van der Waals surface area contributed by atoms with Gasteiger partial charge >= 0.3 is 0 Å². The van der Waals surface area contributed by atoms with Crippen molar-refractivity contribution in [3.05, 3.63) is 29.8 Å². The molecule has 0 bridgehead atoms. The van der Waals surface area contributed by atoms with Gasteiger partial charge in [0, 0.05) is 37.8 Å². The van der Waals surface area contributed by atoms with E-state index >= 15 is 0 Å². The molecular formula is C18H30N2O. The highest BCUT2D eigenvalue weighted by atomic mass is 16.5. The molecule has 1 aromatic rings. The van der Waals surface area contributed by atoms with Gasteiger partial charge in [0.1, 0.15) is 5.75 Å². The molecule has 3 nitrogen and oxygen atoms in total. The van der Waals surface area contributed by atoms with E-state index in [1.807, 2.05) is 0 Å². The molecule has 1 aromatic carbocycles. The van der Waals surface area contributed by atoms with E-state index in [0.717, 1.165) is 38.5 Å². The van der Waals surface area contributed by atoms with Gasteiger partial charge in [0.05, 0.1) is 6.61 Å². The van der Waals surface area contributed by atoms with Crippen molar-refractivity contribution in [1.82, 2.24) is 10.2 Å². The lowest BCUT2D eigenvalue weighted by Crippen LogP contribution is -2.45. The van der Waals surface area contributed by atoms with Crippen LogP contribution in [0.5, 0.6) is 5.75 Å². The first kappa shape index (κ1) is 16.3. The first-order chi connectivity index (χ1) is 10.4. The Bertz CT molecular complexity index is 402. The first-order valence-electron chi connectivity index (χ1n) is 8.53. The van der Waals surface area contributed by atoms with Gasteiger partial charge in [-0.2, -0.15) is 0 Å². The number of piperazine rings is 1. The second-order valence-electron chi connectivity index (χ2n) is 5.77. The Morgan fingerprint density at radius 1 is 1.14 bits per heavy atom. The van der Waals surface area contributed by atoms with Crippen LogP contribution in [0.2, 0.25) is 0 Å². The number of rotatable bonds is 8. The maximum absolute atomic E-state index is 5.87. The van der Waals surface area contributed by atoms with Crippen molar-refractivity contribution in [2.45, 2.75) is 45.6 Å². The molecule has 1 aliphatic heterocycles. The summed E-state index contributed by atoms with van der Waals surface area (Å²) < 4.78 is 5.87. The summed E-state index contributed by atoms with van der Waals surface area (Å²) in [6.45, 7) is 9.54. The third-order valence-corrected chi connectivity index (χ3v) is 4.25. The lowest BCUT2D eigenvalue weighted by molar-refractivity contribution is 0.159. The molecule has 2 rings (SSSR count). The summed E-state index contributed by atoms with van der Waals surface area (Å²) in [4.78, 5) is 2.63. The zero-order chi connectivity index (χ0) is 14.9. The molecule has 0 saturated carbocycles. The van der Waals surface area contributed by atoms with E-state index < -0.39 is 0 Å². The van der Waals surface area contributed by atoms with Gasteiger partial charge in [0.15, 0.2) is 0 Å². The highest BCUT2D eigenvalue weighted by molar-refractivity contribution is 5.36. The number of benzene rings is 1. The third-order valence-electron chi connectivity index (χ3n) is 4.25.